The van der Waals surface area contributed by atoms with Gasteiger partial charge in [0.2, 0.25) is 0 Å². The molecule has 2 aromatic carbocycles. The summed E-state index contributed by atoms with van der Waals surface area (Å²) in [4.78, 5) is 4.34. The van der Waals surface area contributed by atoms with Crippen LogP contribution in [-0.4, -0.2) is 17.2 Å². The minimum Gasteiger partial charge on any atom is -0.497 e. The minimum atomic E-state index is -0.683. The molecule has 3 rings (SSSR count). The lowest BCUT2D eigenvalue weighted by Crippen LogP contribution is -2.01. The maximum Gasteiger partial charge on any atom is 0.121 e. The van der Waals surface area contributed by atoms with E-state index in [4.69, 9.17) is 4.74 Å². The molecule has 21 heavy (non-hydrogen) atoms. The van der Waals surface area contributed by atoms with Crippen LogP contribution < -0.4 is 4.74 Å². The number of hydrogen-bond donors (Lipinski definition) is 1. The second-order valence-electron chi connectivity index (χ2n) is 4.74. The molecule has 0 unspecified atom stereocenters. The maximum atomic E-state index is 10.6. The van der Waals surface area contributed by atoms with Crippen LogP contribution in [-0.2, 0) is 0 Å². The molecule has 0 aliphatic heterocycles. The molecule has 1 atom stereocenters. The van der Waals surface area contributed by atoms with Gasteiger partial charge in [0.25, 0.3) is 0 Å². The number of ether oxygens (including phenoxy) is 1. The highest BCUT2D eigenvalue weighted by molar-refractivity contribution is 9.10. The number of rotatable bonds is 3. The summed E-state index contributed by atoms with van der Waals surface area (Å²) < 4.78 is 6.20. The molecule has 0 radical (unpaired) electrons. The smallest absolute Gasteiger partial charge is 0.121 e. The van der Waals surface area contributed by atoms with E-state index in [9.17, 15) is 5.11 Å². The summed E-state index contributed by atoms with van der Waals surface area (Å²) in [6.07, 6.45) is 1.02. The van der Waals surface area contributed by atoms with Gasteiger partial charge < -0.3 is 9.84 Å². The van der Waals surface area contributed by atoms with Gasteiger partial charge in [0.1, 0.15) is 11.9 Å². The Morgan fingerprint density at radius 3 is 2.57 bits per heavy atom. The van der Waals surface area contributed by atoms with Gasteiger partial charge in [-0.1, -0.05) is 28.1 Å². The van der Waals surface area contributed by atoms with Crippen LogP contribution >= 0.6 is 15.9 Å². The lowest BCUT2D eigenvalue weighted by molar-refractivity contribution is 0.222. The van der Waals surface area contributed by atoms with Crippen molar-refractivity contribution >= 4 is 26.8 Å². The SMILES string of the molecule is COc1ccc2c([C@H](O)c3ccc(Br)cc3)ccnc2c1. The Kier molecular flexibility index (Phi) is 3.90. The van der Waals surface area contributed by atoms with Gasteiger partial charge in [-0.2, -0.15) is 0 Å². The second kappa shape index (κ2) is 5.84. The molecule has 0 amide bonds. The third kappa shape index (κ3) is 2.77. The van der Waals surface area contributed by atoms with Crippen molar-refractivity contribution in [3.63, 3.8) is 0 Å². The van der Waals surface area contributed by atoms with Gasteiger partial charge in [0.15, 0.2) is 0 Å². The number of nitrogens with zero attached hydrogens (tertiary/aromatic N) is 1. The first-order valence-electron chi connectivity index (χ1n) is 6.55. The molecular weight excluding hydrogens is 330 g/mol. The van der Waals surface area contributed by atoms with Crippen LogP contribution in [0.4, 0.5) is 0 Å². The Bertz CT molecular complexity index is 771. The molecule has 106 valence electrons. The molecule has 3 nitrogen and oxygen atoms in total. The van der Waals surface area contributed by atoms with E-state index in [1.807, 2.05) is 48.5 Å². The fourth-order valence-corrected chi connectivity index (χ4v) is 2.60. The third-order valence-electron chi connectivity index (χ3n) is 3.46. The predicted octanol–water partition coefficient (Wildman–Crippen LogP) is 4.09. The maximum absolute atomic E-state index is 10.6. The van der Waals surface area contributed by atoms with Gasteiger partial charge in [-0.25, -0.2) is 0 Å². The zero-order valence-corrected chi connectivity index (χ0v) is 13.0. The molecule has 0 saturated carbocycles. The summed E-state index contributed by atoms with van der Waals surface area (Å²) in [7, 11) is 1.63. The van der Waals surface area contributed by atoms with E-state index in [0.717, 1.165) is 32.3 Å². The molecule has 4 heteroatoms. The van der Waals surface area contributed by atoms with E-state index < -0.39 is 6.10 Å². The lowest BCUT2D eigenvalue weighted by Gasteiger charge is -2.14. The first-order chi connectivity index (χ1) is 10.2. The summed E-state index contributed by atoms with van der Waals surface area (Å²) >= 11 is 3.40. The standard InChI is InChI=1S/C17H14BrNO2/c1-21-13-6-7-14-15(8-9-19-16(14)10-13)17(20)11-2-4-12(18)5-3-11/h2-10,17,20H,1H3/t17-/m1/s1. The fraction of sp³-hybridized carbons (Fsp3) is 0.118. The van der Waals surface area contributed by atoms with Crippen molar-refractivity contribution in [3.8, 4) is 5.75 Å². The van der Waals surface area contributed by atoms with Crippen LogP contribution in [0.1, 0.15) is 17.2 Å². The average Bonchev–Trinajstić information content (AvgIpc) is 2.53. The number of methoxy groups -OCH3 is 1. The Balaban J connectivity index is 2.09. The van der Waals surface area contributed by atoms with Gasteiger partial charge in [0, 0.05) is 22.1 Å². The molecule has 3 aromatic rings. The summed E-state index contributed by atoms with van der Waals surface area (Å²) in [6, 6.07) is 15.2. The van der Waals surface area contributed by atoms with Gasteiger partial charge in [-0.05, 0) is 41.5 Å². The Morgan fingerprint density at radius 1 is 1.10 bits per heavy atom. The van der Waals surface area contributed by atoms with Crippen LogP contribution in [0, 0.1) is 0 Å². The first kappa shape index (κ1) is 14.0. The quantitative estimate of drug-likeness (QED) is 0.778. The Hall–Kier alpha value is -1.91. The molecule has 0 aliphatic rings. The highest BCUT2D eigenvalue weighted by atomic mass is 79.9. The molecule has 0 saturated heterocycles. The molecular formula is C17H14BrNO2. The second-order valence-corrected chi connectivity index (χ2v) is 5.65. The van der Waals surface area contributed by atoms with E-state index in [1.54, 1.807) is 13.3 Å². The van der Waals surface area contributed by atoms with Crippen molar-refractivity contribution in [2.24, 2.45) is 0 Å². The Morgan fingerprint density at radius 2 is 1.86 bits per heavy atom. The lowest BCUT2D eigenvalue weighted by atomic mass is 9.98. The molecule has 1 aromatic heterocycles. The van der Waals surface area contributed by atoms with Crippen molar-refractivity contribution in [2.75, 3.05) is 7.11 Å². The monoisotopic (exact) mass is 343 g/mol. The van der Waals surface area contributed by atoms with Crippen molar-refractivity contribution in [1.29, 1.82) is 0 Å². The van der Waals surface area contributed by atoms with Crippen LogP contribution in [0.5, 0.6) is 5.75 Å². The summed E-state index contributed by atoms with van der Waals surface area (Å²) in [6.45, 7) is 0. The number of halogens is 1. The van der Waals surface area contributed by atoms with E-state index in [0.29, 0.717) is 0 Å². The van der Waals surface area contributed by atoms with E-state index >= 15 is 0 Å². The molecule has 1 N–H and O–H groups in total. The Labute approximate surface area is 131 Å². The normalized spacial score (nSPS) is 12.3. The number of aliphatic hydroxyl groups is 1. The fourth-order valence-electron chi connectivity index (χ4n) is 2.34. The van der Waals surface area contributed by atoms with Crippen molar-refractivity contribution < 1.29 is 9.84 Å². The number of aliphatic hydroxyl groups excluding tert-OH is 1. The van der Waals surface area contributed by atoms with Crippen LogP contribution in [0.2, 0.25) is 0 Å². The van der Waals surface area contributed by atoms with Crippen LogP contribution in [0.25, 0.3) is 10.9 Å². The van der Waals surface area contributed by atoms with E-state index in [2.05, 4.69) is 20.9 Å². The summed E-state index contributed by atoms with van der Waals surface area (Å²) in [5, 5.41) is 11.6. The highest BCUT2D eigenvalue weighted by Crippen LogP contribution is 2.30. The van der Waals surface area contributed by atoms with Crippen molar-refractivity contribution in [3.05, 3.63) is 70.3 Å². The van der Waals surface area contributed by atoms with Gasteiger partial charge >= 0.3 is 0 Å². The number of benzene rings is 2. The molecule has 0 spiro atoms. The number of hydrogen-bond acceptors (Lipinski definition) is 3. The minimum absolute atomic E-state index is 0.683. The molecule has 0 fully saturated rings. The zero-order chi connectivity index (χ0) is 14.8. The van der Waals surface area contributed by atoms with Crippen LogP contribution in [0.3, 0.4) is 0 Å². The molecule has 1 heterocycles. The number of fused-ring (bicyclic) bond motifs is 1. The number of aromatic nitrogens is 1. The van der Waals surface area contributed by atoms with Gasteiger partial charge in [-0.15, -0.1) is 0 Å². The zero-order valence-electron chi connectivity index (χ0n) is 11.5. The first-order valence-corrected chi connectivity index (χ1v) is 7.34. The van der Waals surface area contributed by atoms with Crippen LogP contribution in [0.15, 0.2) is 59.2 Å². The predicted molar refractivity (Wildman–Crippen MR) is 86.5 cm³/mol. The number of pyridine rings is 1. The largest absolute Gasteiger partial charge is 0.497 e. The molecule has 0 bridgehead atoms. The summed E-state index contributed by atoms with van der Waals surface area (Å²) in [5.41, 5.74) is 2.49. The van der Waals surface area contributed by atoms with E-state index in [-0.39, 0.29) is 0 Å². The summed E-state index contributed by atoms with van der Waals surface area (Å²) in [5.74, 6) is 0.755. The van der Waals surface area contributed by atoms with Gasteiger partial charge in [-0.3, -0.25) is 4.98 Å². The molecule has 0 aliphatic carbocycles. The third-order valence-corrected chi connectivity index (χ3v) is 3.99. The van der Waals surface area contributed by atoms with Crippen molar-refractivity contribution in [2.45, 2.75) is 6.10 Å². The average molecular weight is 344 g/mol. The van der Waals surface area contributed by atoms with Gasteiger partial charge in [0.05, 0.1) is 12.6 Å². The topological polar surface area (TPSA) is 42.4 Å². The van der Waals surface area contributed by atoms with E-state index in [1.165, 1.54) is 0 Å². The van der Waals surface area contributed by atoms with Crippen molar-refractivity contribution in [1.82, 2.24) is 4.98 Å². The highest BCUT2D eigenvalue weighted by Gasteiger charge is 2.14.